The summed E-state index contributed by atoms with van der Waals surface area (Å²) in [7, 11) is 0. The number of ether oxygens (including phenoxy) is 2. The van der Waals surface area contributed by atoms with E-state index in [-0.39, 0.29) is 31.9 Å². The van der Waals surface area contributed by atoms with Crippen LogP contribution in [-0.4, -0.2) is 42.0 Å². The van der Waals surface area contributed by atoms with Gasteiger partial charge in [0.2, 0.25) is 0 Å². The van der Waals surface area contributed by atoms with Crippen LogP contribution in [0.15, 0.2) is 42.5 Å². The number of hydrogen-bond donors (Lipinski definition) is 2. The minimum atomic E-state index is -0.678. The summed E-state index contributed by atoms with van der Waals surface area (Å²) < 4.78 is 24.7. The zero-order valence-electron chi connectivity index (χ0n) is 20.1. The molecule has 0 aromatic heterocycles. The number of hydrogen-bond acceptors (Lipinski definition) is 5. The highest BCUT2D eigenvalue weighted by Crippen LogP contribution is 2.27. The minimum Gasteiger partial charge on any atom is -0.466 e. The lowest BCUT2D eigenvalue weighted by atomic mass is 9.92. The Morgan fingerprint density at radius 3 is 2.41 bits per heavy atom. The van der Waals surface area contributed by atoms with Gasteiger partial charge in [0.05, 0.1) is 12.5 Å². The van der Waals surface area contributed by atoms with Gasteiger partial charge in [0.1, 0.15) is 11.4 Å². The maximum Gasteiger partial charge on any atom is 0.407 e. The third-order valence-electron chi connectivity index (χ3n) is 5.06. The van der Waals surface area contributed by atoms with Gasteiger partial charge in [-0.3, -0.25) is 4.79 Å². The number of carbonyl (C=O) groups is 2. The molecule has 6 nitrogen and oxygen atoms in total. The molecule has 0 aliphatic heterocycles. The molecule has 0 saturated carbocycles. The molecule has 0 spiro atoms. The number of halogens is 2. The van der Waals surface area contributed by atoms with Gasteiger partial charge in [0, 0.05) is 23.2 Å². The van der Waals surface area contributed by atoms with Crippen molar-refractivity contribution in [3.63, 3.8) is 0 Å². The summed E-state index contributed by atoms with van der Waals surface area (Å²) >= 11 is 6.01. The largest absolute Gasteiger partial charge is 0.466 e. The van der Waals surface area contributed by atoms with Crippen LogP contribution in [0.5, 0.6) is 0 Å². The Kier molecular flexibility index (Phi) is 10.3. The summed E-state index contributed by atoms with van der Waals surface area (Å²) in [5.74, 6) is -1.37. The second-order valence-corrected chi connectivity index (χ2v) is 9.50. The molecule has 2 aromatic carbocycles. The Bertz CT molecular complexity index is 959. The Balaban J connectivity index is 2.23. The first kappa shape index (κ1) is 27.6. The van der Waals surface area contributed by atoms with E-state index in [0.717, 1.165) is 5.56 Å². The van der Waals surface area contributed by atoms with E-state index in [1.165, 1.54) is 12.1 Å². The van der Waals surface area contributed by atoms with Gasteiger partial charge in [0.25, 0.3) is 0 Å². The van der Waals surface area contributed by atoms with Crippen LogP contribution >= 0.6 is 11.6 Å². The lowest BCUT2D eigenvalue weighted by Gasteiger charge is -2.26. The lowest BCUT2D eigenvalue weighted by Crippen LogP contribution is -2.42. The maximum absolute atomic E-state index is 14.2. The Morgan fingerprint density at radius 2 is 1.82 bits per heavy atom. The van der Waals surface area contributed by atoms with E-state index in [1.807, 2.05) is 12.1 Å². The summed E-state index contributed by atoms with van der Waals surface area (Å²) in [5, 5.41) is 12.7. The first-order valence-corrected chi connectivity index (χ1v) is 11.7. The standard InChI is InChI=1S/C26H33ClFNO5/c1-5-33-24(31)19(12-13-30)15-21(29-25(32)34-26(2,3)4)14-17-6-8-18(9-7-17)22-16-20(27)10-11-23(22)28/h6-11,16,19,21,30H,5,12-15H2,1-4H3,(H,29,32)/t19-,21-/m1/s1. The number of benzene rings is 2. The van der Waals surface area contributed by atoms with E-state index in [4.69, 9.17) is 21.1 Å². The minimum absolute atomic E-state index is 0.178. The van der Waals surface area contributed by atoms with E-state index >= 15 is 0 Å². The fourth-order valence-electron chi connectivity index (χ4n) is 3.58. The van der Waals surface area contributed by atoms with Gasteiger partial charge in [-0.2, -0.15) is 0 Å². The number of esters is 1. The summed E-state index contributed by atoms with van der Waals surface area (Å²) in [5.41, 5.74) is 1.26. The average molecular weight is 494 g/mol. The Labute approximate surface area is 205 Å². The van der Waals surface area contributed by atoms with Crippen molar-refractivity contribution >= 4 is 23.7 Å². The van der Waals surface area contributed by atoms with Gasteiger partial charge in [-0.1, -0.05) is 35.9 Å². The van der Waals surface area contributed by atoms with Crippen LogP contribution < -0.4 is 5.32 Å². The van der Waals surface area contributed by atoms with Crippen molar-refractivity contribution in [3.8, 4) is 11.1 Å². The van der Waals surface area contributed by atoms with Gasteiger partial charge >= 0.3 is 12.1 Å². The summed E-state index contributed by atoms with van der Waals surface area (Å²) in [6, 6.07) is 11.2. The predicted molar refractivity (Wildman–Crippen MR) is 130 cm³/mol. The van der Waals surface area contributed by atoms with Crippen LogP contribution in [-0.2, 0) is 20.7 Å². The monoisotopic (exact) mass is 493 g/mol. The maximum atomic E-state index is 14.2. The molecule has 0 radical (unpaired) electrons. The second kappa shape index (κ2) is 12.7. The average Bonchev–Trinajstić information content (AvgIpc) is 2.74. The zero-order valence-corrected chi connectivity index (χ0v) is 20.8. The number of amides is 1. The molecule has 2 N–H and O–H groups in total. The highest BCUT2D eigenvalue weighted by Gasteiger charge is 2.27. The van der Waals surface area contributed by atoms with Gasteiger partial charge in [0.15, 0.2) is 0 Å². The smallest absolute Gasteiger partial charge is 0.407 e. The molecule has 34 heavy (non-hydrogen) atoms. The topological polar surface area (TPSA) is 84.9 Å². The zero-order chi connectivity index (χ0) is 25.3. The first-order valence-electron chi connectivity index (χ1n) is 11.3. The van der Waals surface area contributed by atoms with Crippen molar-refractivity contribution in [1.82, 2.24) is 5.32 Å². The number of alkyl carbamates (subject to hydrolysis) is 1. The van der Waals surface area contributed by atoms with Gasteiger partial charge in [-0.15, -0.1) is 0 Å². The molecular weight excluding hydrogens is 461 g/mol. The number of aliphatic hydroxyl groups excluding tert-OH is 1. The third kappa shape index (κ3) is 8.95. The van der Waals surface area contributed by atoms with Gasteiger partial charge in [-0.25, -0.2) is 9.18 Å². The predicted octanol–water partition coefficient (Wildman–Crippen LogP) is 5.53. The highest BCUT2D eigenvalue weighted by molar-refractivity contribution is 6.30. The van der Waals surface area contributed by atoms with Crippen molar-refractivity contribution in [2.24, 2.45) is 5.92 Å². The number of rotatable bonds is 10. The third-order valence-corrected chi connectivity index (χ3v) is 5.30. The fraction of sp³-hybridized carbons (Fsp3) is 0.462. The van der Waals surface area contributed by atoms with E-state index in [9.17, 15) is 19.1 Å². The van der Waals surface area contributed by atoms with Crippen LogP contribution in [0.25, 0.3) is 11.1 Å². The van der Waals surface area contributed by atoms with Gasteiger partial charge in [-0.05, 0) is 76.3 Å². The second-order valence-electron chi connectivity index (χ2n) is 9.07. The molecule has 0 bridgehead atoms. The molecule has 0 saturated heterocycles. The highest BCUT2D eigenvalue weighted by atomic mass is 35.5. The van der Waals surface area contributed by atoms with E-state index in [1.54, 1.807) is 45.9 Å². The van der Waals surface area contributed by atoms with E-state index in [2.05, 4.69) is 5.32 Å². The summed E-state index contributed by atoms with van der Waals surface area (Å²) in [6.07, 6.45) is 0.294. The molecule has 2 atom stereocenters. The quantitative estimate of drug-likeness (QED) is 0.425. The van der Waals surface area contributed by atoms with Crippen molar-refractivity contribution in [2.75, 3.05) is 13.2 Å². The molecule has 0 aliphatic rings. The lowest BCUT2D eigenvalue weighted by molar-refractivity contribution is -0.149. The van der Waals surface area contributed by atoms with Crippen LogP contribution in [0.1, 0.15) is 46.1 Å². The fourth-order valence-corrected chi connectivity index (χ4v) is 3.75. The molecular formula is C26H33ClFNO5. The van der Waals surface area contributed by atoms with Crippen molar-refractivity contribution < 1.29 is 28.6 Å². The molecule has 2 aromatic rings. The van der Waals surface area contributed by atoms with Crippen molar-refractivity contribution in [2.45, 2.75) is 58.6 Å². The van der Waals surface area contributed by atoms with Crippen LogP contribution in [0.4, 0.5) is 9.18 Å². The number of aliphatic hydroxyl groups is 1. The van der Waals surface area contributed by atoms with E-state index in [0.29, 0.717) is 22.6 Å². The van der Waals surface area contributed by atoms with Crippen LogP contribution in [0, 0.1) is 11.7 Å². The Hall–Kier alpha value is -2.64. The SMILES string of the molecule is CCOC(=O)[C@H](CCO)C[C@@H](Cc1ccc(-c2cc(Cl)ccc2F)cc1)NC(=O)OC(C)(C)C. The van der Waals surface area contributed by atoms with Crippen molar-refractivity contribution in [1.29, 1.82) is 0 Å². The molecule has 186 valence electrons. The molecule has 1 amide bonds. The molecule has 2 rings (SSSR count). The van der Waals surface area contributed by atoms with Crippen LogP contribution in [0.2, 0.25) is 5.02 Å². The van der Waals surface area contributed by atoms with Crippen molar-refractivity contribution in [3.05, 3.63) is 58.9 Å². The number of nitrogens with one attached hydrogen (secondary N) is 1. The Morgan fingerprint density at radius 1 is 1.15 bits per heavy atom. The first-order chi connectivity index (χ1) is 16.0. The van der Waals surface area contributed by atoms with E-state index < -0.39 is 29.6 Å². The molecule has 8 heteroatoms. The molecule has 0 heterocycles. The van der Waals surface area contributed by atoms with Crippen LogP contribution in [0.3, 0.4) is 0 Å². The summed E-state index contributed by atoms with van der Waals surface area (Å²) in [6.45, 7) is 7.07. The molecule has 0 aliphatic carbocycles. The summed E-state index contributed by atoms with van der Waals surface area (Å²) in [4.78, 5) is 24.8. The molecule has 0 unspecified atom stereocenters. The number of carbonyl (C=O) groups excluding carboxylic acids is 2. The van der Waals surface area contributed by atoms with Gasteiger partial charge < -0.3 is 19.9 Å². The molecule has 0 fully saturated rings. The normalized spacial score (nSPS) is 13.1.